The second-order valence-corrected chi connectivity index (χ2v) is 21.9. The molecular weight excluding hydrogens is 864 g/mol. The maximum Gasteiger partial charge on any atom is 0.416 e. The van der Waals surface area contributed by atoms with Crippen molar-refractivity contribution < 1.29 is 55.7 Å². The summed E-state index contributed by atoms with van der Waals surface area (Å²) < 4.78 is 91.3. The first kappa shape index (κ1) is 47.7. The summed E-state index contributed by atoms with van der Waals surface area (Å²) in [5, 5.41) is 35.0. The fourth-order valence-corrected chi connectivity index (χ4v) is 14.1. The van der Waals surface area contributed by atoms with Crippen LogP contribution < -0.4 is 15.3 Å². The highest BCUT2D eigenvalue weighted by Crippen LogP contribution is 2.49. The number of rotatable bonds is 14. The molecule has 63 heavy (non-hydrogen) atoms. The highest BCUT2D eigenvalue weighted by atomic mass is 35.5. The summed E-state index contributed by atoms with van der Waals surface area (Å²) in [6.07, 6.45) is -8.45. The first-order valence-electron chi connectivity index (χ1n) is 20.7. The predicted molar refractivity (Wildman–Crippen MR) is 233 cm³/mol. The Bertz CT molecular complexity index is 2290. The van der Waals surface area contributed by atoms with Crippen molar-refractivity contribution >= 4 is 53.9 Å². The van der Waals surface area contributed by atoms with Crippen LogP contribution in [0.4, 0.5) is 32.0 Å². The van der Waals surface area contributed by atoms with Crippen molar-refractivity contribution in [3.63, 3.8) is 0 Å². The zero-order valence-electron chi connectivity index (χ0n) is 35.2. The third-order valence-corrected chi connectivity index (χ3v) is 17.4. The number of imide groups is 1. The summed E-state index contributed by atoms with van der Waals surface area (Å²) in [6.45, 7) is 7.19. The third-order valence-electron chi connectivity index (χ3n) is 12.1. The number of phenols is 1. The molecule has 2 amide bonds. The summed E-state index contributed by atoms with van der Waals surface area (Å²) in [4.78, 5) is 29.2. The monoisotopic (exact) mass is 913 g/mol. The molecule has 0 radical (unpaired) electrons. The number of anilines is 1. The quantitative estimate of drug-likeness (QED) is 0.0504. The van der Waals surface area contributed by atoms with Crippen LogP contribution in [-0.2, 0) is 26.4 Å². The van der Waals surface area contributed by atoms with Gasteiger partial charge in [0.25, 0.3) is 8.32 Å². The summed E-state index contributed by atoms with van der Waals surface area (Å²) >= 11 is 6.43. The van der Waals surface area contributed by atoms with Crippen LogP contribution >= 0.6 is 11.6 Å². The summed E-state index contributed by atoms with van der Waals surface area (Å²) in [5.41, 5.74) is -2.11. The molecule has 4 atom stereocenters. The molecule has 1 aliphatic carbocycles. The van der Waals surface area contributed by atoms with E-state index in [9.17, 15) is 51.3 Å². The minimum Gasteiger partial charge on any atom is -0.508 e. The minimum absolute atomic E-state index is 0.0117. The van der Waals surface area contributed by atoms with Crippen LogP contribution in [0.15, 0.2) is 114 Å². The van der Waals surface area contributed by atoms with E-state index in [1.54, 1.807) is 6.07 Å². The van der Waals surface area contributed by atoms with E-state index < -0.39 is 84.8 Å². The number of halogens is 7. The van der Waals surface area contributed by atoms with Gasteiger partial charge in [0.2, 0.25) is 11.8 Å². The van der Waals surface area contributed by atoms with E-state index in [1.807, 2.05) is 73.7 Å². The van der Waals surface area contributed by atoms with Crippen molar-refractivity contribution in [3.8, 4) is 5.75 Å². The fraction of sp³-hybridized carbons (Fsp3) is 0.375. The molecule has 1 aliphatic heterocycles. The van der Waals surface area contributed by atoms with Crippen molar-refractivity contribution in [2.75, 3.05) is 18.1 Å². The lowest BCUT2D eigenvalue weighted by Gasteiger charge is -2.44. The Morgan fingerprint density at radius 1 is 0.857 bits per heavy atom. The third kappa shape index (κ3) is 9.85. The molecule has 4 aromatic rings. The lowest BCUT2D eigenvalue weighted by molar-refractivity contribution is -0.143. The Hall–Kier alpha value is -4.73. The highest BCUT2D eigenvalue weighted by molar-refractivity contribution is 6.99. The van der Waals surface area contributed by atoms with Gasteiger partial charge in [-0.3, -0.25) is 9.59 Å². The number of hydrogen-bond acceptors (Lipinski definition) is 6. The van der Waals surface area contributed by atoms with Crippen molar-refractivity contribution in [1.29, 1.82) is 0 Å². The van der Waals surface area contributed by atoms with Crippen LogP contribution in [0, 0.1) is 17.8 Å². The molecule has 0 saturated carbocycles. The van der Waals surface area contributed by atoms with E-state index in [-0.39, 0.29) is 36.8 Å². The number of nitrogens with zero attached hydrogens (tertiary/aromatic N) is 1. The van der Waals surface area contributed by atoms with Gasteiger partial charge < -0.3 is 19.7 Å². The average molecular weight is 914 g/mol. The van der Waals surface area contributed by atoms with Crippen molar-refractivity contribution in [2.45, 2.75) is 83.3 Å². The van der Waals surface area contributed by atoms with Crippen molar-refractivity contribution in [2.24, 2.45) is 17.8 Å². The Morgan fingerprint density at radius 3 is 1.92 bits per heavy atom. The van der Waals surface area contributed by atoms with Gasteiger partial charge in [0.1, 0.15) is 5.75 Å². The topological polar surface area (TPSA) is 107 Å². The molecule has 336 valence electrons. The van der Waals surface area contributed by atoms with Crippen molar-refractivity contribution in [1.82, 2.24) is 0 Å². The van der Waals surface area contributed by atoms with Gasteiger partial charge in [0.15, 0.2) is 0 Å². The molecule has 0 aromatic heterocycles. The molecule has 3 N–H and O–H groups in total. The Morgan fingerprint density at radius 2 is 1.43 bits per heavy atom. The van der Waals surface area contributed by atoms with E-state index in [1.165, 1.54) is 12.1 Å². The Kier molecular flexibility index (Phi) is 14.2. The number of aromatic hydroxyl groups is 1. The molecule has 2 aliphatic rings. The molecule has 1 heterocycles. The largest absolute Gasteiger partial charge is 0.508 e. The molecule has 7 nitrogen and oxygen atoms in total. The zero-order valence-corrected chi connectivity index (χ0v) is 37.0. The molecular formula is C48H50ClF6NO6Si. The molecule has 0 unspecified atom stereocenters. The number of aliphatic hydroxyl groups is 2. The molecule has 15 heteroatoms. The van der Waals surface area contributed by atoms with Crippen LogP contribution in [0.3, 0.4) is 0 Å². The average Bonchev–Trinajstić information content (AvgIpc) is 3.48. The number of amides is 2. The molecule has 0 bridgehead atoms. The zero-order chi connectivity index (χ0) is 46.1. The van der Waals surface area contributed by atoms with Gasteiger partial charge >= 0.3 is 12.4 Å². The Balaban J connectivity index is 1.47. The minimum atomic E-state index is -5.24. The molecule has 6 rings (SSSR count). The van der Waals surface area contributed by atoms with E-state index in [2.05, 4.69) is 20.8 Å². The summed E-state index contributed by atoms with van der Waals surface area (Å²) in [7, 11) is -3.30. The van der Waals surface area contributed by atoms with Gasteiger partial charge in [-0.2, -0.15) is 26.3 Å². The van der Waals surface area contributed by atoms with Crippen molar-refractivity contribution in [3.05, 3.63) is 135 Å². The van der Waals surface area contributed by atoms with Gasteiger partial charge in [-0.05, 0) is 94.2 Å². The SMILES string of the molecule is CCC/C(=C\c1ccc(O)cc1Cl)CC[C@@H](O)C1=C(CO[Si](c2ccccc2)(c2ccccc2)C(C)(C)C)C[C@H]2C(=O)N(c3cc(C(F)(F)F)cc(C(F)(F)F)c3)C(=O)[C@H]2[C@H]1CO. The summed E-state index contributed by atoms with van der Waals surface area (Å²) in [5.74, 6) is -6.10. The standard InChI is InChI=1S/C48H50ClF6NO6Si/c1-5-12-29(21-30-18-19-35(58)26-40(30)49)17-20-41(59)42-31(28-62-63(46(2,3)4,36-13-8-6-9-14-36)37-15-10-7-11-16-37)22-38-43(39(42)27-57)45(61)56(44(38)60)34-24-32(47(50,51)52)23-33(25-34)48(53,54)55/h6-11,13-16,18-19,21,23-26,38-39,41,43,57-59H,5,12,17,20,22,27-28H2,1-4H3/b29-21+/t38-,39+,41-,43-/m1/s1. The number of allylic oxidation sites excluding steroid dienone is 1. The molecule has 4 aromatic carbocycles. The number of carbonyl (C=O) groups is 2. The Labute approximate surface area is 368 Å². The second-order valence-electron chi connectivity index (χ2n) is 17.2. The lowest BCUT2D eigenvalue weighted by atomic mass is 9.68. The van der Waals surface area contributed by atoms with Crippen LogP contribution in [-0.4, -0.2) is 54.8 Å². The van der Waals surface area contributed by atoms with Crippen LogP contribution in [0.2, 0.25) is 10.1 Å². The maximum atomic E-state index is 14.4. The number of alkyl halides is 6. The first-order chi connectivity index (χ1) is 29.6. The number of phenolic OH excluding ortho intramolecular Hbond substituents is 1. The van der Waals surface area contributed by atoms with E-state index >= 15 is 0 Å². The first-order valence-corrected chi connectivity index (χ1v) is 23.0. The molecule has 0 spiro atoms. The lowest BCUT2D eigenvalue weighted by Crippen LogP contribution is -2.66. The van der Waals surface area contributed by atoms with Gasteiger partial charge in [-0.15, -0.1) is 0 Å². The normalized spacial score (nSPS) is 19.5. The smallest absolute Gasteiger partial charge is 0.416 e. The van der Waals surface area contributed by atoms with E-state index in [4.69, 9.17) is 16.0 Å². The maximum absolute atomic E-state index is 14.4. The number of hydrogen-bond donors (Lipinski definition) is 3. The highest BCUT2D eigenvalue weighted by Gasteiger charge is 2.57. The van der Waals surface area contributed by atoms with E-state index in [0.29, 0.717) is 46.0 Å². The van der Waals surface area contributed by atoms with Crippen LogP contribution in [0.5, 0.6) is 5.75 Å². The molecule has 1 fully saturated rings. The van der Waals surface area contributed by atoms with Gasteiger partial charge in [-0.25, -0.2) is 4.90 Å². The predicted octanol–water partition coefficient (Wildman–Crippen LogP) is 10.1. The van der Waals surface area contributed by atoms with E-state index in [0.717, 1.165) is 22.4 Å². The second kappa shape index (κ2) is 18.8. The van der Waals surface area contributed by atoms with Gasteiger partial charge in [0.05, 0.1) is 53.0 Å². The number of fused-ring (bicyclic) bond motifs is 1. The fourth-order valence-electron chi connectivity index (χ4n) is 9.29. The van der Waals surface area contributed by atoms with Gasteiger partial charge in [0, 0.05) is 5.92 Å². The number of benzene rings is 4. The van der Waals surface area contributed by atoms with Crippen LogP contribution in [0.25, 0.3) is 6.08 Å². The molecule has 1 saturated heterocycles. The van der Waals surface area contributed by atoms with Gasteiger partial charge in [-0.1, -0.05) is 118 Å². The number of carbonyl (C=O) groups excluding carboxylic acids is 2. The number of aliphatic hydroxyl groups excluding tert-OH is 2. The summed E-state index contributed by atoms with van der Waals surface area (Å²) in [6, 6.07) is 24.4. The van der Waals surface area contributed by atoms with Crippen LogP contribution in [0.1, 0.15) is 76.5 Å².